The molecule has 0 atom stereocenters. The second-order valence-electron chi connectivity index (χ2n) is 3.63. The van der Waals surface area contributed by atoms with E-state index < -0.39 is 0 Å². The van der Waals surface area contributed by atoms with Gasteiger partial charge in [0.1, 0.15) is 0 Å². The van der Waals surface area contributed by atoms with Crippen LogP contribution in [0.3, 0.4) is 0 Å². The summed E-state index contributed by atoms with van der Waals surface area (Å²) < 4.78 is 5.07. The van der Waals surface area contributed by atoms with E-state index in [2.05, 4.69) is 0 Å². The third kappa shape index (κ3) is 2.34. The molecule has 0 bridgehead atoms. The first kappa shape index (κ1) is 11.0. The van der Waals surface area contributed by atoms with E-state index >= 15 is 0 Å². The summed E-state index contributed by atoms with van der Waals surface area (Å²) in [6, 6.07) is 11.0. The van der Waals surface area contributed by atoms with Crippen molar-refractivity contribution in [2.24, 2.45) is 0 Å². The molecule has 0 aliphatic heterocycles. The zero-order valence-corrected chi connectivity index (χ0v) is 9.62. The molecule has 0 saturated carbocycles. The van der Waals surface area contributed by atoms with Gasteiger partial charge in [-0.15, -0.1) is 0 Å². The highest BCUT2D eigenvalue weighted by Gasteiger charge is 2.12. The molecule has 1 heterocycles. The van der Waals surface area contributed by atoms with E-state index in [-0.39, 0.29) is 11.0 Å². The Balaban J connectivity index is 2.17. The maximum absolute atomic E-state index is 11.8. The third-order valence-corrected chi connectivity index (χ3v) is 2.66. The number of benzene rings is 1. The van der Waals surface area contributed by atoms with Gasteiger partial charge in [0, 0.05) is 6.42 Å². The van der Waals surface area contributed by atoms with E-state index in [4.69, 9.17) is 16.0 Å². The Morgan fingerprint density at radius 1 is 1.25 bits per heavy atom. The zero-order chi connectivity index (χ0) is 11.5. The van der Waals surface area contributed by atoms with Crippen molar-refractivity contribution in [2.45, 2.75) is 13.3 Å². The first-order chi connectivity index (χ1) is 7.66. The summed E-state index contributed by atoms with van der Waals surface area (Å²) in [5, 5.41) is 0.244. The number of furan rings is 1. The molecule has 82 valence electrons. The summed E-state index contributed by atoms with van der Waals surface area (Å²) in [7, 11) is 0. The van der Waals surface area contributed by atoms with Crippen LogP contribution in [0.1, 0.15) is 21.7 Å². The fourth-order valence-electron chi connectivity index (χ4n) is 1.53. The fraction of sp³-hybridized carbons (Fsp3) is 0.154. The summed E-state index contributed by atoms with van der Waals surface area (Å²) in [5.41, 5.74) is 2.12. The second kappa shape index (κ2) is 4.54. The molecule has 0 unspecified atom stereocenters. The Kier molecular flexibility index (Phi) is 3.11. The average Bonchev–Trinajstić information content (AvgIpc) is 2.68. The maximum atomic E-state index is 11.8. The normalized spacial score (nSPS) is 10.4. The van der Waals surface area contributed by atoms with Gasteiger partial charge in [0.25, 0.3) is 0 Å². The van der Waals surface area contributed by atoms with Gasteiger partial charge in [-0.25, -0.2) is 0 Å². The van der Waals surface area contributed by atoms with Crippen LogP contribution in [0.4, 0.5) is 0 Å². The van der Waals surface area contributed by atoms with Crippen molar-refractivity contribution in [1.29, 1.82) is 0 Å². The van der Waals surface area contributed by atoms with Crippen molar-refractivity contribution in [1.82, 2.24) is 0 Å². The van der Waals surface area contributed by atoms with Crippen molar-refractivity contribution in [3.8, 4) is 0 Å². The van der Waals surface area contributed by atoms with Crippen LogP contribution >= 0.6 is 11.6 Å². The molecule has 1 aromatic heterocycles. The van der Waals surface area contributed by atoms with Crippen LogP contribution in [0.2, 0.25) is 5.22 Å². The highest BCUT2D eigenvalue weighted by Crippen LogP contribution is 2.16. The first-order valence-corrected chi connectivity index (χ1v) is 5.37. The first-order valence-electron chi connectivity index (χ1n) is 5.00. The van der Waals surface area contributed by atoms with Crippen LogP contribution in [0, 0.1) is 6.92 Å². The molecule has 0 amide bonds. The lowest BCUT2D eigenvalue weighted by Gasteiger charge is -2.02. The lowest BCUT2D eigenvalue weighted by atomic mass is 10.0. The molecule has 0 radical (unpaired) electrons. The van der Waals surface area contributed by atoms with Gasteiger partial charge in [-0.05, 0) is 41.8 Å². The topological polar surface area (TPSA) is 30.2 Å². The van der Waals surface area contributed by atoms with E-state index in [9.17, 15) is 4.79 Å². The van der Waals surface area contributed by atoms with Crippen molar-refractivity contribution >= 4 is 17.4 Å². The van der Waals surface area contributed by atoms with Gasteiger partial charge in [-0.1, -0.05) is 24.3 Å². The predicted molar refractivity (Wildman–Crippen MR) is 62.9 cm³/mol. The summed E-state index contributed by atoms with van der Waals surface area (Å²) >= 11 is 5.62. The standard InChI is InChI=1S/C13H11ClO2/c1-9-4-2-3-5-10(9)8-11(15)12-6-7-13(14)16-12/h2-7H,8H2,1H3. The Hall–Kier alpha value is -1.54. The van der Waals surface area contributed by atoms with Crippen molar-refractivity contribution in [2.75, 3.05) is 0 Å². The molecule has 0 saturated heterocycles. The third-order valence-electron chi connectivity index (χ3n) is 2.46. The number of halogens is 1. The Labute approximate surface area is 98.8 Å². The summed E-state index contributed by atoms with van der Waals surface area (Å²) in [5.74, 6) is 0.259. The number of aryl methyl sites for hydroxylation is 1. The van der Waals surface area contributed by atoms with Gasteiger partial charge in [-0.3, -0.25) is 4.79 Å². The SMILES string of the molecule is Cc1ccccc1CC(=O)c1ccc(Cl)o1. The molecule has 0 spiro atoms. The molecule has 0 fully saturated rings. The van der Waals surface area contributed by atoms with Crippen molar-refractivity contribution in [3.63, 3.8) is 0 Å². The molecule has 2 nitrogen and oxygen atoms in total. The molecular formula is C13H11ClO2. The number of rotatable bonds is 3. The number of carbonyl (C=O) groups excluding carboxylic acids is 1. The Bertz CT molecular complexity index is 514. The van der Waals surface area contributed by atoms with E-state index in [1.165, 1.54) is 0 Å². The summed E-state index contributed by atoms with van der Waals surface area (Å²) in [4.78, 5) is 11.8. The maximum Gasteiger partial charge on any atom is 0.202 e. The minimum Gasteiger partial charge on any atom is -0.442 e. The molecule has 1 aromatic carbocycles. The van der Waals surface area contributed by atoms with E-state index in [1.54, 1.807) is 12.1 Å². The number of hydrogen-bond donors (Lipinski definition) is 0. The van der Waals surface area contributed by atoms with Gasteiger partial charge < -0.3 is 4.42 Å². The molecule has 3 heteroatoms. The fourth-order valence-corrected chi connectivity index (χ4v) is 1.68. The van der Waals surface area contributed by atoms with Crippen molar-refractivity contribution in [3.05, 3.63) is 58.5 Å². The molecule has 0 aliphatic rings. The van der Waals surface area contributed by atoms with Gasteiger partial charge in [0.05, 0.1) is 0 Å². The van der Waals surface area contributed by atoms with Gasteiger partial charge in [0.15, 0.2) is 11.0 Å². The van der Waals surface area contributed by atoms with E-state index in [0.29, 0.717) is 12.2 Å². The highest BCUT2D eigenvalue weighted by molar-refractivity contribution is 6.29. The van der Waals surface area contributed by atoms with Gasteiger partial charge in [-0.2, -0.15) is 0 Å². The van der Waals surface area contributed by atoms with E-state index in [1.807, 2.05) is 31.2 Å². The minimum atomic E-state index is -0.0544. The number of hydrogen-bond acceptors (Lipinski definition) is 2. The van der Waals surface area contributed by atoms with Crippen LogP contribution in [0.5, 0.6) is 0 Å². The molecule has 2 rings (SSSR count). The van der Waals surface area contributed by atoms with Crippen LogP contribution in [-0.2, 0) is 6.42 Å². The van der Waals surface area contributed by atoms with Crippen LogP contribution in [0.15, 0.2) is 40.8 Å². The number of Topliss-reactive ketones (excluding diaryl/α,β-unsaturated/α-hetero) is 1. The van der Waals surface area contributed by atoms with Crippen molar-refractivity contribution < 1.29 is 9.21 Å². The second-order valence-corrected chi connectivity index (χ2v) is 4.00. The largest absolute Gasteiger partial charge is 0.442 e. The van der Waals surface area contributed by atoms with E-state index in [0.717, 1.165) is 11.1 Å². The summed E-state index contributed by atoms with van der Waals surface area (Å²) in [6.45, 7) is 1.98. The predicted octanol–water partition coefficient (Wildman–Crippen LogP) is 3.67. The molecular weight excluding hydrogens is 224 g/mol. The highest BCUT2D eigenvalue weighted by atomic mass is 35.5. The lowest BCUT2D eigenvalue weighted by molar-refractivity contribution is 0.0966. The monoisotopic (exact) mass is 234 g/mol. The minimum absolute atomic E-state index is 0.0544. The average molecular weight is 235 g/mol. The Morgan fingerprint density at radius 2 is 2.00 bits per heavy atom. The zero-order valence-electron chi connectivity index (χ0n) is 8.87. The van der Waals surface area contributed by atoms with Gasteiger partial charge >= 0.3 is 0 Å². The lowest BCUT2D eigenvalue weighted by Crippen LogP contribution is -2.03. The molecule has 2 aromatic rings. The molecule has 0 aliphatic carbocycles. The van der Waals surface area contributed by atoms with Crippen LogP contribution in [0.25, 0.3) is 0 Å². The van der Waals surface area contributed by atoms with Gasteiger partial charge in [0.2, 0.25) is 5.78 Å². The number of ketones is 1. The van der Waals surface area contributed by atoms with Crippen LogP contribution in [-0.4, -0.2) is 5.78 Å². The smallest absolute Gasteiger partial charge is 0.202 e. The Morgan fingerprint density at radius 3 is 2.62 bits per heavy atom. The molecule has 0 N–H and O–H groups in total. The number of carbonyl (C=O) groups is 1. The summed E-state index contributed by atoms with van der Waals surface area (Å²) in [6.07, 6.45) is 0.344. The quantitative estimate of drug-likeness (QED) is 0.759. The molecule has 16 heavy (non-hydrogen) atoms. The van der Waals surface area contributed by atoms with Crippen LogP contribution < -0.4 is 0 Å².